The van der Waals surface area contributed by atoms with Crippen LogP contribution in [0.25, 0.3) is 0 Å². The third-order valence-electron chi connectivity index (χ3n) is 3.44. The Balaban J connectivity index is 2.76. The quantitative estimate of drug-likeness (QED) is 0.557. The maximum absolute atomic E-state index is 12.2. The number of nitrogens with two attached hydrogens (primary N) is 1. The summed E-state index contributed by atoms with van der Waals surface area (Å²) in [6.07, 6.45) is -2.04. The maximum Gasteiger partial charge on any atom is 0.228 e. The Hall–Kier alpha value is -1.47. The van der Waals surface area contributed by atoms with Crippen LogP contribution in [0.2, 0.25) is 0 Å². The molecule has 108 valence electrons. The molecule has 2 amide bonds. The molecule has 1 rings (SSSR count). The van der Waals surface area contributed by atoms with E-state index in [0.29, 0.717) is 6.42 Å². The molecule has 4 N–H and O–H groups in total. The van der Waals surface area contributed by atoms with Crippen molar-refractivity contribution in [2.24, 2.45) is 11.7 Å². The second-order valence-corrected chi connectivity index (χ2v) is 4.97. The number of rotatable bonds is 5. The van der Waals surface area contributed by atoms with Crippen molar-refractivity contribution in [2.45, 2.75) is 44.9 Å². The van der Waals surface area contributed by atoms with Gasteiger partial charge in [0.25, 0.3) is 0 Å². The Bertz CT molecular complexity index is 384. The van der Waals surface area contributed by atoms with Crippen LogP contribution in [0.15, 0.2) is 0 Å². The number of amides is 2. The third-order valence-corrected chi connectivity index (χ3v) is 3.44. The predicted molar refractivity (Wildman–Crippen MR) is 65.8 cm³/mol. The first-order valence-electron chi connectivity index (χ1n) is 6.21. The molecule has 0 bridgehead atoms. The first kappa shape index (κ1) is 15.6. The molecule has 0 aromatic carbocycles. The summed E-state index contributed by atoms with van der Waals surface area (Å²) in [6, 6.07) is -0.865. The van der Waals surface area contributed by atoms with E-state index in [4.69, 9.17) is 5.73 Å². The molecule has 0 aromatic rings. The highest BCUT2D eigenvalue weighted by Gasteiger charge is 2.41. The van der Waals surface area contributed by atoms with Crippen LogP contribution in [-0.4, -0.2) is 57.5 Å². The fourth-order valence-corrected chi connectivity index (χ4v) is 2.32. The summed E-state index contributed by atoms with van der Waals surface area (Å²) >= 11 is 0. The molecule has 19 heavy (non-hydrogen) atoms. The van der Waals surface area contributed by atoms with Crippen LogP contribution in [0.3, 0.4) is 0 Å². The van der Waals surface area contributed by atoms with Crippen molar-refractivity contribution in [1.29, 1.82) is 0 Å². The molecule has 0 aromatic heterocycles. The Kier molecular flexibility index (Phi) is 5.02. The van der Waals surface area contributed by atoms with Gasteiger partial charge in [0.2, 0.25) is 11.8 Å². The number of Topliss-reactive ketones (excluding diaryl/α,β-unsaturated/α-hetero) is 1. The van der Waals surface area contributed by atoms with E-state index in [1.807, 2.05) is 0 Å². The first-order chi connectivity index (χ1) is 8.75. The average Bonchev–Trinajstić information content (AvgIpc) is 2.68. The van der Waals surface area contributed by atoms with Crippen molar-refractivity contribution in [3.05, 3.63) is 0 Å². The van der Waals surface area contributed by atoms with Gasteiger partial charge in [-0.15, -0.1) is 0 Å². The van der Waals surface area contributed by atoms with Crippen molar-refractivity contribution in [1.82, 2.24) is 4.90 Å². The van der Waals surface area contributed by atoms with Gasteiger partial charge in [0.1, 0.15) is 6.04 Å². The summed E-state index contributed by atoms with van der Waals surface area (Å²) < 4.78 is 0. The van der Waals surface area contributed by atoms with Gasteiger partial charge in [-0.2, -0.15) is 0 Å². The number of carbonyl (C=O) groups excluding carboxylic acids is 3. The maximum atomic E-state index is 12.2. The van der Waals surface area contributed by atoms with Gasteiger partial charge in [-0.25, -0.2) is 0 Å². The van der Waals surface area contributed by atoms with E-state index >= 15 is 0 Å². The van der Waals surface area contributed by atoms with Gasteiger partial charge in [0.15, 0.2) is 5.78 Å². The number of aliphatic hydroxyl groups excluding tert-OH is 2. The van der Waals surface area contributed by atoms with Crippen LogP contribution in [0.4, 0.5) is 0 Å². The minimum atomic E-state index is -1.18. The Morgan fingerprint density at radius 3 is 2.47 bits per heavy atom. The lowest BCUT2D eigenvalue weighted by atomic mass is 9.99. The molecule has 0 spiro atoms. The Morgan fingerprint density at radius 1 is 1.42 bits per heavy atom. The van der Waals surface area contributed by atoms with E-state index in [9.17, 15) is 24.6 Å². The summed E-state index contributed by atoms with van der Waals surface area (Å²) in [6.45, 7) is 3.04. The van der Waals surface area contributed by atoms with Gasteiger partial charge in [-0.05, 0) is 13.3 Å². The lowest BCUT2D eigenvalue weighted by molar-refractivity contribution is -0.145. The number of nitrogens with zero attached hydrogens (tertiary/aromatic N) is 1. The van der Waals surface area contributed by atoms with Gasteiger partial charge in [-0.1, -0.05) is 6.92 Å². The number of hydrogen-bond donors (Lipinski definition) is 3. The molecule has 0 radical (unpaired) electrons. The van der Waals surface area contributed by atoms with E-state index in [2.05, 4.69) is 0 Å². The third kappa shape index (κ3) is 3.51. The largest absolute Gasteiger partial charge is 0.392 e. The van der Waals surface area contributed by atoms with Crippen LogP contribution in [0, 0.1) is 5.92 Å². The van der Waals surface area contributed by atoms with Crippen LogP contribution in [0.5, 0.6) is 0 Å². The summed E-state index contributed by atoms with van der Waals surface area (Å²) in [7, 11) is 0. The van der Waals surface area contributed by atoms with E-state index in [-0.39, 0.29) is 18.7 Å². The summed E-state index contributed by atoms with van der Waals surface area (Å²) in [5.74, 6) is -2.29. The van der Waals surface area contributed by atoms with Crippen molar-refractivity contribution in [3.63, 3.8) is 0 Å². The van der Waals surface area contributed by atoms with Gasteiger partial charge in [0, 0.05) is 6.54 Å². The zero-order valence-corrected chi connectivity index (χ0v) is 11.1. The smallest absolute Gasteiger partial charge is 0.228 e. The fourth-order valence-electron chi connectivity index (χ4n) is 2.32. The molecule has 7 nitrogen and oxygen atoms in total. The molecule has 1 aliphatic rings. The van der Waals surface area contributed by atoms with Crippen molar-refractivity contribution in [3.8, 4) is 0 Å². The molecule has 1 fully saturated rings. The van der Waals surface area contributed by atoms with Crippen molar-refractivity contribution < 1.29 is 24.6 Å². The highest BCUT2D eigenvalue weighted by atomic mass is 16.3. The Labute approximate surface area is 111 Å². The molecule has 1 heterocycles. The summed E-state index contributed by atoms with van der Waals surface area (Å²) in [5.41, 5.74) is 4.96. The van der Waals surface area contributed by atoms with Gasteiger partial charge in [0.05, 0.1) is 24.5 Å². The SMILES string of the molecule is CC(=O)[C@@H]1C(O)CCN1C(=O)[C@@H](C)C(O)CC(N)=O. The second-order valence-electron chi connectivity index (χ2n) is 4.97. The Morgan fingerprint density at radius 2 is 2.00 bits per heavy atom. The predicted octanol–water partition coefficient (Wildman–Crippen LogP) is -1.59. The van der Waals surface area contributed by atoms with E-state index in [0.717, 1.165) is 0 Å². The second kappa shape index (κ2) is 6.12. The van der Waals surface area contributed by atoms with Gasteiger partial charge in [-0.3, -0.25) is 14.4 Å². The van der Waals surface area contributed by atoms with Crippen molar-refractivity contribution in [2.75, 3.05) is 6.54 Å². The lowest BCUT2D eigenvalue weighted by Crippen LogP contribution is -2.48. The molecule has 1 saturated heterocycles. The summed E-state index contributed by atoms with van der Waals surface area (Å²) in [5, 5.41) is 19.4. The molecular formula is C12H20N2O5. The number of carbonyl (C=O) groups is 3. The molecule has 0 saturated carbocycles. The van der Waals surface area contributed by atoms with Crippen molar-refractivity contribution >= 4 is 17.6 Å². The molecule has 0 aliphatic carbocycles. The highest BCUT2D eigenvalue weighted by molar-refractivity contribution is 5.90. The molecule has 2 unspecified atom stereocenters. The van der Waals surface area contributed by atoms with E-state index in [1.165, 1.54) is 18.7 Å². The number of likely N-dealkylation sites (tertiary alicyclic amines) is 1. The zero-order chi connectivity index (χ0) is 14.7. The van der Waals surface area contributed by atoms with Crippen LogP contribution in [0.1, 0.15) is 26.7 Å². The topological polar surface area (TPSA) is 121 Å². The lowest BCUT2D eigenvalue weighted by Gasteiger charge is -2.28. The average molecular weight is 272 g/mol. The van der Waals surface area contributed by atoms with Crippen LogP contribution >= 0.6 is 0 Å². The number of ketones is 1. The van der Waals surface area contributed by atoms with Gasteiger partial charge >= 0.3 is 0 Å². The molecular weight excluding hydrogens is 252 g/mol. The van der Waals surface area contributed by atoms with Crippen LogP contribution in [-0.2, 0) is 14.4 Å². The van der Waals surface area contributed by atoms with Gasteiger partial charge < -0.3 is 20.8 Å². The van der Waals surface area contributed by atoms with E-state index in [1.54, 1.807) is 0 Å². The molecule has 1 aliphatic heterocycles. The monoisotopic (exact) mass is 272 g/mol. The minimum absolute atomic E-state index is 0.262. The van der Waals surface area contributed by atoms with Crippen LogP contribution < -0.4 is 5.73 Å². The summed E-state index contributed by atoms with van der Waals surface area (Å²) in [4.78, 5) is 35.6. The number of aliphatic hydroxyl groups is 2. The molecule has 4 atom stereocenters. The molecule has 7 heteroatoms. The highest BCUT2D eigenvalue weighted by Crippen LogP contribution is 2.22. The zero-order valence-electron chi connectivity index (χ0n) is 11.1. The minimum Gasteiger partial charge on any atom is -0.392 e. The normalized spacial score (nSPS) is 26.0. The number of hydrogen-bond acceptors (Lipinski definition) is 5. The standard InChI is InChI=1S/C12H20N2O5/c1-6(9(17)5-10(13)18)12(19)14-4-3-8(16)11(14)7(2)15/h6,8-9,11,16-17H,3-5H2,1-2H3,(H2,13,18)/t6-,8?,9?,11+/m0/s1. The fraction of sp³-hybridized carbons (Fsp3) is 0.750. The number of primary amides is 1. The van der Waals surface area contributed by atoms with E-state index < -0.39 is 36.0 Å². The first-order valence-corrected chi connectivity index (χ1v) is 6.21.